The molecule has 1 aromatic rings. The SMILES string of the molecule is COc1cc(C[C@]2(CCC(=O)N(C)[C@H]3CCOC3)CCC(=O)N2)ccc1F. The number of carbonyl (C=O) groups is 2. The van der Waals surface area contributed by atoms with Crippen molar-refractivity contribution in [1.29, 1.82) is 0 Å². The number of benzene rings is 1. The van der Waals surface area contributed by atoms with E-state index in [0.29, 0.717) is 45.3 Å². The maximum absolute atomic E-state index is 13.7. The Balaban J connectivity index is 1.67. The van der Waals surface area contributed by atoms with Crippen LogP contribution in [0.25, 0.3) is 0 Å². The molecule has 6 nitrogen and oxygen atoms in total. The third-order valence-corrected chi connectivity index (χ3v) is 5.66. The monoisotopic (exact) mass is 378 g/mol. The minimum atomic E-state index is -0.484. The standard InChI is InChI=1S/C20H27FN2O4/c1-23(15-7-10-27-13-15)19(25)6-9-20(8-5-18(24)22-20)12-14-3-4-16(21)17(11-14)26-2/h3-4,11,15H,5-10,12-13H2,1-2H3,(H,22,24)/t15-,20+/m0/s1. The van der Waals surface area contributed by atoms with Crippen molar-refractivity contribution in [3.63, 3.8) is 0 Å². The predicted octanol–water partition coefficient (Wildman–Crippen LogP) is 2.05. The zero-order chi connectivity index (χ0) is 19.4. The van der Waals surface area contributed by atoms with Crippen LogP contribution in [-0.4, -0.2) is 55.7 Å². The van der Waals surface area contributed by atoms with Crippen molar-refractivity contribution in [2.75, 3.05) is 27.4 Å². The van der Waals surface area contributed by atoms with Crippen molar-refractivity contribution in [2.24, 2.45) is 0 Å². The Labute approximate surface area is 159 Å². The van der Waals surface area contributed by atoms with E-state index in [1.165, 1.54) is 13.2 Å². The lowest BCUT2D eigenvalue weighted by Crippen LogP contribution is -2.45. The Hall–Kier alpha value is -2.15. The van der Waals surface area contributed by atoms with Gasteiger partial charge >= 0.3 is 0 Å². The largest absolute Gasteiger partial charge is 0.494 e. The summed E-state index contributed by atoms with van der Waals surface area (Å²) in [4.78, 5) is 26.3. The van der Waals surface area contributed by atoms with E-state index in [4.69, 9.17) is 9.47 Å². The molecule has 27 heavy (non-hydrogen) atoms. The molecule has 1 N–H and O–H groups in total. The summed E-state index contributed by atoms with van der Waals surface area (Å²) in [5.74, 6) is -0.179. The van der Waals surface area contributed by atoms with Gasteiger partial charge in [-0.15, -0.1) is 0 Å². The van der Waals surface area contributed by atoms with Crippen LogP contribution in [0.15, 0.2) is 18.2 Å². The first kappa shape index (κ1) is 19.6. The molecule has 2 fully saturated rings. The molecular formula is C20H27FN2O4. The van der Waals surface area contributed by atoms with E-state index in [9.17, 15) is 14.0 Å². The van der Waals surface area contributed by atoms with Crippen LogP contribution in [-0.2, 0) is 20.7 Å². The molecule has 2 aliphatic heterocycles. The first-order valence-electron chi connectivity index (χ1n) is 9.39. The van der Waals surface area contributed by atoms with Gasteiger partial charge in [-0.1, -0.05) is 6.07 Å². The maximum atomic E-state index is 13.7. The minimum Gasteiger partial charge on any atom is -0.494 e. The van der Waals surface area contributed by atoms with E-state index in [2.05, 4.69) is 5.32 Å². The van der Waals surface area contributed by atoms with Crippen molar-refractivity contribution in [3.8, 4) is 5.75 Å². The molecule has 2 amide bonds. The van der Waals surface area contributed by atoms with Gasteiger partial charge in [0.1, 0.15) is 0 Å². The number of hydrogen-bond acceptors (Lipinski definition) is 4. The number of likely N-dealkylation sites (N-methyl/N-ethyl adjacent to an activating group) is 1. The summed E-state index contributed by atoms with van der Waals surface area (Å²) >= 11 is 0. The molecular weight excluding hydrogens is 351 g/mol. The van der Waals surface area contributed by atoms with Gasteiger partial charge < -0.3 is 19.7 Å². The van der Waals surface area contributed by atoms with Gasteiger partial charge in [-0.3, -0.25) is 9.59 Å². The van der Waals surface area contributed by atoms with E-state index in [1.807, 2.05) is 7.05 Å². The van der Waals surface area contributed by atoms with E-state index < -0.39 is 11.4 Å². The number of carbonyl (C=O) groups excluding carboxylic acids is 2. The highest BCUT2D eigenvalue weighted by Gasteiger charge is 2.38. The maximum Gasteiger partial charge on any atom is 0.222 e. The molecule has 7 heteroatoms. The van der Waals surface area contributed by atoms with Crippen LogP contribution in [0.5, 0.6) is 5.75 Å². The van der Waals surface area contributed by atoms with Crippen LogP contribution in [0.1, 0.15) is 37.7 Å². The first-order valence-corrected chi connectivity index (χ1v) is 9.39. The fourth-order valence-electron chi connectivity index (χ4n) is 3.94. The third-order valence-electron chi connectivity index (χ3n) is 5.66. The summed E-state index contributed by atoms with van der Waals surface area (Å²) in [6.45, 7) is 1.27. The molecule has 1 aromatic carbocycles. The minimum absolute atomic E-state index is 0.00549. The summed E-state index contributed by atoms with van der Waals surface area (Å²) in [6.07, 6.45) is 3.41. The Kier molecular flexibility index (Phi) is 5.99. The zero-order valence-corrected chi connectivity index (χ0v) is 15.9. The van der Waals surface area contributed by atoms with Crippen molar-refractivity contribution >= 4 is 11.8 Å². The number of methoxy groups -OCH3 is 1. The van der Waals surface area contributed by atoms with Crippen molar-refractivity contribution < 1.29 is 23.5 Å². The van der Waals surface area contributed by atoms with Crippen LogP contribution in [0.2, 0.25) is 0 Å². The summed E-state index contributed by atoms with van der Waals surface area (Å²) < 4.78 is 24.1. The molecule has 0 unspecified atom stereocenters. The molecule has 0 aromatic heterocycles. The Morgan fingerprint density at radius 2 is 2.30 bits per heavy atom. The second-order valence-electron chi connectivity index (χ2n) is 7.50. The second kappa shape index (κ2) is 8.25. The Morgan fingerprint density at radius 1 is 1.48 bits per heavy atom. The second-order valence-corrected chi connectivity index (χ2v) is 7.50. The lowest BCUT2D eigenvalue weighted by atomic mass is 9.84. The lowest BCUT2D eigenvalue weighted by Gasteiger charge is -2.31. The van der Waals surface area contributed by atoms with Gasteiger partial charge in [0.25, 0.3) is 0 Å². The number of nitrogens with zero attached hydrogens (tertiary/aromatic N) is 1. The van der Waals surface area contributed by atoms with Crippen molar-refractivity contribution in [3.05, 3.63) is 29.6 Å². The molecule has 2 saturated heterocycles. The van der Waals surface area contributed by atoms with Gasteiger partial charge in [-0.25, -0.2) is 4.39 Å². The van der Waals surface area contributed by atoms with Gasteiger partial charge in [0, 0.05) is 32.0 Å². The van der Waals surface area contributed by atoms with Gasteiger partial charge in [-0.05, 0) is 43.4 Å². The van der Waals surface area contributed by atoms with Crippen LogP contribution >= 0.6 is 0 Å². The van der Waals surface area contributed by atoms with Crippen molar-refractivity contribution in [1.82, 2.24) is 10.2 Å². The van der Waals surface area contributed by atoms with Crippen LogP contribution in [0.4, 0.5) is 4.39 Å². The molecule has 2 atom stereocenters. The average Bonchev–Trinajstić information content (AvgIpc) is 3.31. The van der Waals surface area contributed by atoms with E-state index in [-0.39, 0.29) is 23.6 Å². The topological polar surface area (TPSA) is 67.9 Å². The van der Waals surface area contributed by atoms with Crippen LogP contribution < -0.4 is 10.1 Å². The first-order chi connectivity index (χ1) is 12.9. The molecule has 0 radical (unpaired) electrons. The van der Waals surface area contributed by atoms with Gasteiger partial charge in [0.15, 0.2) is 11.6 Å². The Morgan fingerprint density at radius 3 is 2.93 bits per heavy atom. The summed E-state index contributed by atoms with van der Waals surface area (Å²) in [7, 11) is 3.24. The number of amides is 2. The molecule has 2 heterocycles. The summed E-state index contributed by atoms with van der Waals surface area (Å²) in [5, 5.41) is 3.06. The smallest absolute Gasteiger partial charge is 0.222 e. The molecule has 0 saturated carbocycles. The molecule has 0 aliphatic carbocycles. The fraction of sp³-hybridized carbons (Fsp3) is 0.600. The van der Waals surface area contributed by atoms with Crippen LogP contribution in [0, 0.1) is 5.82 Å². The fourth-order valence-corrected chi connectivity index (χ4v) is 3.94. The van der Waals surface area contributed by atoms with Crippen molar-refractivity contribution in [2.45, 2.75) is 50.1 Å². The average molecular weight is 378 g/mol. The van der Waals surface area contributed by atoms with E-state index >= 15 is 0 Å². The number of rotatable bonds is 7. The third kappa shape index (κ3) is 4.58. The number of halogens is 1. The number of ether oxygens (including phenoxy) is 2. The molecule has 148 valence electrons. The highest BCUT2D eigenvalue weighted by molar-refractivity contribution is 5.80. The van der Waals surface area contributed by atoms with E-state index in [1.54, 1.807) is 17.0 Å². The Bertz CT molecular complexity index is 705. The van der Waals surface area contributed by atoms with Gasteiger partial charge in [-0.2, -0.15) is 0 Å². The van der Waals surface area contributed by atoms with E-state index in [0.717, 1.165) is 12.0 Å². The zero-order valence-electron chi connectivity index (χ0n) is 15.9. The lowest BCUT2D eigenvalue weighted by molar-refractivity contribution is -0.132. The molecule has 0 spiro atoms. The molecule has 0 bridgehead atoms. The summed E-state index contributed by atoms with van der Waals surface area (Å²) in [6, 6.07) is 4.87. The van der Waals surface area contributed by atoms with Gasteiger partial charge in [0.2, 0.25) is 11.8 Å². The number of hydrogen-bond donors (Lipinski definition) is 1. The highest BCUT2D eigenvalue weighted by Crippen LogP contribution is 2.31. The number of nitrogens with one attached hydrogen (secondary N) is 1. The molecule has 2 aliphatic rings. The van der Waals surface area contributed by atoms with Gasteiger partial charge in [0.05, 0.1) is 19.8 Å². The normalized spacial score (nSPS) is 24.7. The summed E-state index contributed by atoms with van der Waals surface area (Å²) in [5.41, 5.74) is 0.392. The molecule has 3 rings (SSSR count). The predicted molar refractivity (Wildman–Crippen MR) is 98.0 cm³/mol. The highest BCUT2D eigenvalue weighted by atomic mass is 19.1. The van der Waals surface area contributed by atoms with Crippen LogP contribution in [0.3, 0.4) is 0 Å². The quantitative estimate of drug-likeness (QED) is 0.789.